The molecule has 1 aliphatic heterocycles. The van der Waals surface area contributed by atoms with Gasteiger partial charge in [0.25, 0.3) is 0 Å². The normalized spacial score (nSPS) is 24.4. The molecule has 3 aromatic rings. The molecule has 0 spiro atoms. The van der Waals surface area contributed by atoms with E-state index in [0.717, 1.165) is 17.0 Å². The van der Waals surface area contributed by atoms with Gasteiger partial charge in [-0.1, -0.05) is 35.9 Å². The molecule has 0 bridgehead atoms. The van der Waals surface area contributed by atoms with Crippen LogP contribution >= 0.6 is 0 Å². The molecule has 2 aromatic heterocycles. The minimum atomic E-state index is -0.336. The van der Waals surface area contributed by atoms with Gasteiger partial charge >= 0.3 is 0 Å². The highest BCUT2D eigenvalue weighted by atomic mass is 16.3. The highest BCUT2D eigenvalue weighted by molar-refractivity contribution is 5.88. The number of furan rings is 1. The third-order valence-corrected chi connectivity index (χ3v) is 5.23. The number of fused-ring (bicyclic) bond motifs is 2. The predicted molar refractivity (Wildman–Crippen MR) is 95.6 cm³/mol. The summed E-state index contributed by atoms with van der Waals surface area (Å²) in [4.78, 5) is 17.4. The van der Waals surface area contributed by atoms with Gasteiger partial charge in [0.05, 0.1) is 12.2 Å². The number of ketones is 1. The van der Waals surface area contributed by atoms with E-state index in [0.29, 0.717) is 12.4 Å². The molecule has 1 N–H and O–H groups in total. The van der Waals surface area contributed by atoms with Gasteiger partial charge in [0.2, 0.25) is 5.95 Å². The Labute approximate surface area is 150 Å². The van der Waals surface area contributed by atoms with Crippen molar-refractivity contribution in [2.45, 2.75) is 25.3 Å². The summed E-state index contributed by atoms with van der Waals surface area (Å²) >= 11 is 0. The third-order valence-electron chi connectivity index (χ3n) is 5.23. The zero-order valence-electron chi connectivity index (χ0n) is 14.3. The molecule has 3 atom stereocenters. The van der Waals surface area contributed by atoms with Crippen LogP contribution < -0.4 is 5.32 Å². The SMILES string of the molecule is Cc1ccc([C@@H]2C=C3Nc4ncnn4[C@@H](c4ccco4)[C@@H]3C(=O)C2)cc1. The second kappa shape index (κ2) is 5.69. The van der Waals surface area contributed by atoms with Crippen LogP contribution in [0.4, 0.5) is 5.95 Å². The number of benzene rings is 1. The zero-order chi connectivity index (χ0) is 17.7. The van der Waals surface area contributed by atoms with Crippen LogP contribution in [0.1, 0.15) is 35.3 Å². The van der Waals surface area contributed by atoms with Gasteiger partial charge in [-0.3, -0.25) is 4.79 Å². The number of nitrogens with zero attached hydrogens (tertiary/aromatic N) is 3. The Kier molecular flexibility index (Phi) is 3.31. The molecule has 1 aliphatic carbocycles. The van der Waals surface area contributed by atoms with Crippen LogP contribution in [0.2, 0.25) is 0 Å². The van der Waals surface area contributed by atoms with Gasteiger partial charge in [0, 0.05) is 18.0 Å². The van der Waals surface area contributed by atoms with E-state index in [1.165, 1.54) is 11.9 Å². The summed E-state index contributed by atoms with van der Waals surface area (Å²) < 4.78 is 7.37. The fourth-order valence-electron chi connectivity index (χ4n) is 3.95. The summed E-state index contributed by atoms with van der Waals surface area (Å²) in [6.07, 6.45) is 5.75. The number of anilines is 1. The molecule has 130 valence electrons. The fourth-order valence-corrected chi connectivity index (χ4v) is 3.95. The van der Waals surface area contributed by atoms with E-state index in [-0.39, 0.29) is 23.7 Å². The van der Waals surface area contributed by atoms with Crippen LogP contribution in [0.5, 0.6) is 0 Å². The largest absolute Gasteiger partial charge is 0.467 e. The van der Waals surface area contributed by atoms with Crippen LogP contribution in [-0.2, 0) is 4.79 Å². The maximum Gasteiger partial charge on any atom is 0.226 e. The maximum absolute atomic E-state index is 13.1. The minimum absolute atomic E-state index is 0.0635. The first-order valence-electron chi connectivity index (χ1n) is 8.71. The maximum atomic E-state index is 13.1. The Balaban J connectivity index is 1.60. The molecular formula is C20H18N4O2. The molecule has 0 amide bonds. The van der Waals surface area contributed by atoms with Crippen LogP contribution in [-0.4, -0.2) is 20.5 Å². The number of allylic oxidation sites excluding steroid dienone is 2. The smallest absolute Gasteiger partial charge is 0.226 e. The standard InChI is InChI=1S/C20H18N4O2/c1-12-4-6-13(7-5-12)14-9-15-18(16(25)10-14)19(17-3-2-8-26-17)24-20(23-15)21-11-22-24/h2-9,11,14,18-19H,10H2,1H3,(H,21,22,23)/t14-,18+,19+/m1/s1. The summed E-state index contributed by atoms with van der Waals surface area (Å²) in [7, 11) is 0. The monoisotopic (exact) mass is 346 g/mol. The molecule has 6 heteroatoms. The molecule has 26 heavy (non-hydrogen) atoms. The molecule has 2 aliphatic rings. The van der Waals surface area contributed by atoms with Crippen molar-refractivity contribution >= 4 is 11.7 Å². The van der Waals surface area contributed by atoms with Gasteiger partial charge in [-0.15, -0.1) is 0 Å². The molecule has 6 nitrogen and oxygen atoms in total. The summed E-state index contributed by atoms with van der Waals surface area (Å²) in [5, 5.41) is 7.61. The first-order valence-corrected chi connectivity index (χ1v) is 8.71. The molecule has 5 rings (SSSR count). The molecule has 0 saturated carbocycles. The fraction of sp³-hybridized carbons (Fsp3) is 0.250. The number of nitrogens with one attached hydrogen (secondary N) is 1. The molecule has 0 saturated heterocycles. The Bertz CT molecular complexity index is 985. The summed E-state index contributed by atoms with van der Waals surface area (Å²) in [5.74, 6) is 1.26. The molecular weight excluding hydrogens is 328 g/mol. The van der Waals surface area contributed by atoms with Crippen molar-refractivity contribution in [1.29, 1.82) is 0 Å². The lowest BCUT2D eigenvalue weighted by molar-refractivity contribution is -0.123. The van der Waals surface area contributed by atoms with Crippen LogP contribution in [0.25, 0.3) is 0 Å². The lowest BCUT2D eigenvalue weighted by atomic mass is 9.77. The van der Waals surface area contributed by atoms with Crippen molar-refractivity contribution < 1.29 is 9.21 Å². The number of hydrogen-bond acceptors (Lipinski definition) is 5. The number of Topliss-reactive ketones (excluding diaryl/α,β-unsaturated/α-hetero) is 1. The number of rotatable bonds is 2. The second-order valence-electron chi connectivity index (χ2n) is 6.90. The molecule has 0 fully saturated rings. The number of aryl methyl sites for hydroxylation is 1. The van der Waals surface area contributed by atoms with Crippen molar-refractivity contribution in [1.82, 2.24) is 14.8 Å². The minimum Gasteiger partial charge on any atom is -0.467 e. The van der Waals surface area contributed by atoms with E-state index in [1.807, 2.05) is 12.1 Å². The Hall–Kier alpha value is -3.15. The van der Waals surface area contributed by atoms with Crippen molar-refractivity contribution in [3.63, 3.8) is 0 Å². The zero-order valence-corrected chi connectivity index (χ0v) is 14.3. The highest BCUT2D eigenvalue weighted by Gasteiger charge is 2.44. The van der Waals surface area contributed by atoms with Crippen LogP contribution in [0.3, 0.4) is 0 Å². The topological polar surface area (TPSA) is 73.0 Å². The second-order valence-corrected chi connectivity index (χ2v) is 6.90. The van der Waals surface area contributed by atoms with Crippen LogP contribution in [0, 0.1) is 12.8 Å². The van der Waals surface area contributed by atoms with E-state index in [2.05, 4.69) is 52.7 Å². The quantitative estimate of drug-likeness (QED) is 0.769. The number of carbonyl (C=O) groups is 1. The number of hydrogen-bond donors (Lipinski definition) is 1. The van der Waals surface area contributed by atoms with Crippen molar-refractivity contribution in [2.75, 3.05) is 5.32 Å². The highest BCUT2D eigenvalue weighted by Crippen LogP contribution is 2.44. The Morgan fingerprint density at radius 1 is 1.23 bits per heavy atom. The Morgan fingerprint density at radius 3 is 2.85 bits per heavy atom. The lowest BCUT2D eigenvalue weighted by Crippen LogP contribution is -2.39. The van der Waals surface area contributed by atoms with Crippen molar-refractivity contribution in [2.24, 2.45) is 5.92 Å². The number of aromatic nitrogens is 3. The summed E-state index contributed by atoms with van der Waals surface area (Å²) in [5.41, 5.74) is 3.25. The lowest BCUT2D eigenvalue weighted by Gasteiger charge is -2.36. The van der Waals surface area contributed by atoms with Crippen molar-refractivity contribution in [3.05, 3.63) is 77.6 Å². The average Bonchev–Trinajstić information content (AvgIpc) is 3.32. The first-order chi connectivity index (χ1) is 12.7. The van der Waals surface area contributed by atoms with Gasteiger partial charge in [0.15, 0.2) is 0 Å². The molecule has 0 unspecified atom stereocenters. The van der Waals surface area contributed by atoms with E-state index < -0.39 is 0 Å². The number of carbonyl (C=O) groups excluding carboxylic acids is 1. The average molecular weight is 346 g/mol. The third kappa shape index (κ3) is 2.29. The molecule has 0 radical (unpaired) electrons. The van der Waals surface area contributed by atoms with Crippen molar-refractivity contribution in [3.8, 4) is 0 Å². The van der Waals surface area contributed by atoms with Gasteiger partial charge in [-0.2, -0.15) is 10.1 Å². The van der Waals surface area contributed by atoms with Crippen LogP contribution in [0.15, 0.2) is 65.2 Å². The summed E-state index contributed by atoms with van der Waals surface area (Å²) in [6, 6.07) is 11.8. The van der Waals surface area contributed by atoms with E-state index >= 15 is 0 Å². The molecule has 1 aromatic carbocycles. The van der Waals surface area contributed by atoms with E-state index in [1.54, 1.807) is 10.9 Å². The van der Waals surface area contributed by atoms with E-state index in [9.17, 15) is 4.79 Å². The first kappa shape index (κ1) is 15.1. The van der Waals surface area contributed by atoms with Gasteiger partial charge < -0.3 is 9.73 Å². The summed E-state index contributed by atoms with van der Waals surface area (Å²) in [6.45, 7) is 2.06. The Morgan fingerprint density at radius 2 is 2.08 bits per heavy atom. The van der Waals surface area contributed by atoms with E-state index in [4.69, 9.17) is 4.42 Å². The molecule has 3 heterocycles. The van der Waals surface area contributed by atoms with Gasteiger partial charge in [-0.05, 0) is 24.6 Å². The van der Waals surface area contributed by atoms with Gasteiger partial charge in [0.1, 0.15) is 23.9 Å². The predicted octanol–water partition coefficient (Wildman–Crippen LogP) is 3.45. The van der Waals surface area contributed by atoms with Gasteiger partial charge in [-0.25, -0.2) is 4.68 Å².